The molecule has 1 amide bonds. The van der Waals surface area contributed by atoms with Gasteiger partial charge in [0.25, 0.3) is 0 Å². The van der Waals surface area contributed by atoms with E-state index >= 15 is 0 Å². The van der Waals surface area contributed by atoms with Gasteiger partial charge in [0, 0.05) is 16.7 Å². The molecule has 0 saturated heterocycles. The Morgan fingerprint density at radius 3 is 2.29 bits per heavy atom. The molecule has 0 radical (unpaired) electrons. The maximum absolute atomic E-state index is 12.8. The summed E-state index contributed by atoms with van der Waals surface area (Å²) < 4.78 is 2.04. The number of nitrogens with zero attached hydrogens (tertiary/aromatic N) is 3. The van der Waals surface area contributed by atoms with Gasteiger partial charge in [0.1, 0.15) is 0 Å². The quantitative estimate of drug-likeness (QED) is 0.262. The smallest absolute Gasteiger partial charge is 0.223 e. The number of aromatic nitrogens is 3. The zero-order valence-electron chi connectivity index (χ0n) is 20.1. The van der Waals surface area contributed by atoms with E-state index in [2.05, 4.69) is 39.8 Å². The summed E-state index contributed by atoms with van der Waals surface area (Å²) >= 11 is 8.03. The van der Waals surface area contributed by atoms with Crippen LogP contribution in [0.5, 0.6) is 0 Å². The zero-order chi connectivity index (χ0) is 24.8. The van der Waals surface area contributed by atoms with Crippen LogP contribution < -0.4 is 5.32 Å². The fraction of sp³-hybridized carbons (Fsp3) is 0.250. The molecule has 1 unspecified atom stereocenters. The number of carbonyl (C=O) groups is 1. The van der Waals surface area contributed by atoms with E-state index in [1.807, 2.05) is 79.9 Å². The Hall–Kier alpha value is -3.09. The molecule has 35 heavy (non-hydrogen) atoms. The zero-order valence-corrected chi connectivity index (χ0v) is 21.7. The summed E-state index contributed by atoms with van der Waals surface area (Å²) in [5.74, 6) is 1.26. The van der Waals surface area contributed by atoms with Crippen LogP contribution in [0, 0.1) is 12.8 Å². The summed E-state index contributed by atoms with van der Waals surface area (Å²) in [6, 6.07) is 25.8. The van der Waals surface area contributed by atoms with Gasteiger partial charge in [0.2, 0.25) is 5.91 Å². The standard InChI is InChI=1S/C28H29ClN4OS/c1-19(2)27(34)30-24(16-21-10-6-4-7-11-21)26-31-32-28(35-18-22-12-8-5-9-13-22)33(26)25-17-23(29)15-14-20(25)3/h4-15,17,19,24H,16,18H2,1-3H3,(H,30,34). The highest BCUT2D eigenvalue weighted by Crippen LogP contribution is 2.31. The van der Waals surface area contributed by atoms with Crippen molar-refractivity contribution >= 4 is 29.3 Å². The number of carbonyl (C=O) groups excluding carboxylic acids is 1. The molecule has 0 fully saturated rings. The van der Waals surface area contributed by atoms with E-state index in [1.54, 1.807) is 11.8 Å². The summed E-state index contributed by atoms with van der Waals surface area (Å²) in [6.45, 7) is 5.82. The fourth-order valence-electron chi connectivity index (χ4n) is 3.77. The molecule has 4 aromatic rings. The van der Waals surface area contributed by atoms with Gasteiger partial charge in [-0.05, 0) is 42.2 Å². The molecule has 7 heteroatoms. The van der Waals surface area contributed by atoms with Crippen LogP contribution in [0.2, 0.25) is 5.02 Å². The van der Waals surface area contributed by atoms with E-state index in [1.165, 1.54) is 5.56 Å². The second kappa shape index (κ2) is 11.6. The van der Waals surface area contributed by atoms with E-state index < -0.39 is 0 Å². The summed E-state index contributed by atoms with van der Waals surface area (Å²) in [5.41, 5.74) is 4.26. The third kappa shape index (κ3) is 6.32. The average Bonchev–Trinajstić information content (AvgIpc) is 3.28. The van der Waals surface area contributed by atoms with Gasteiger partial charge in [-0.15, -0.1) is 10.2 Å². The van der Waals surface area contributed by atoms with Crippen molar-refractivity contribution in [3.63, 3.8) is 0 Å². The van der Waals surface area contributed by atoms with Crippen LogP contribution in [0.3, 0.4) is 0 Å². The number of benzene rings is 3. The predicted octanol–water partition coefficient (Wildman–Crippen LogP) is 6.58. The van der Waals surface area contributed by atoms with Crippen molar-refractivity contribution in [3.8, 4) is 5.69 Å². The summed E-state index contributed by atoms with van der Waals surface area (Å²) in [6.07, 6.45) is 0.598. The van der Waals surface area contributed by atoms with Crippen molar-refractivity contribution in [2.45, 2.75) is 44.1 Å². The van der Waals surface area contributed by atoms with Crippen LogP contribution in [-0.2, 0) is 17.0 Å². The van der Waals surface area contributed by atoms with Gasteiger partial charge in [-0.25, -0.2) is 0 Å². The average molecular weight is 505 g/mol. The number of hydrogen-bond donors (Lipinski definition) is 1. The number of amides is 1. The van der Waals surface area contributed by atoms with Gasteiger partial charge in [-0.2, -0.15) is 0 Å². The van der Waals surface area contributed by atoms with Gasteiger partial charge >= 0.3 is 0 Å². The minimum atomic E-state index is -0.357. The molecular formula is C28H29ClN4OS. The molecule has 0 aliphatic rings. The Labute approximate surface area is 215 Å². The first-order valence-electron chi connectivity index (χ1n) is 11.6. The number of hydrogen-bond acceptors (Lipinski definition) is 4. The number of halogens is 1. The van der Waals surface area contributed by atoms with E-state index in [9.17, 15) is 4.79 Å². The Kier molecular flexibility index (Phi) is 8.26. The largest absolute Gasteiger partial charge is 0.345 e. The highest BCUT2D eigenvalue weighted by Gasteiger charge is 2.26. The minimum absolute atomic E-state index is 0.0261. The van der Waals surface area contributed by atoms with Crippen molar-refractivity contribution in [1.29, 1.82) is 0 Å². The fourth-order valence-corrected chi connectivity index (χ4v) is 4.84. The highest BCUT2D eigenvalue weighted by atomic mass is 35.5. The van der Waals surface area contributed by atoms with Gasteiger partial charge in [-0.1, -0.05) is 104 Å². The first kappa shape index (κ1) is 25.0. The van der Waals surface area contributed by atoms with E-state index in [4.69, 9.17) is 11.6 Å². The van der Waals surface area contributed by atoms with Crippen molar-refractivity contribution in [2.75, 3.05) is 0 Å². The first-order valence-corrected chi connectivity index (χ1v) is 13.0. The minimum Gasteiger partial charge on any atom is -0.345 e. The Morgan fingerprint density at radius 2 is 1.63 bits per heavy atom. The molecule has 3 aromatic carbocycles. The van der Waals surface area contributed by atoms with Crippen LogP contribution in [0.25, 0.3) is 5.69 Å². The van der Waals surface area contributed by atoms with Gasteiger partial charge in [0.15, 0.2) is 11.0 Å². The SMILES string of the molecule is Cc1ccc(Cl)cc1-n1c(SCc2ccccc2)nnc1C(Cc1ccccc1)NC(=O)C(C)C. The number of thioether (sulfide) groups is 1. The molecule has 1 N–H and O–H groups in total. The predicted molar refractivity (Wildman–Crippen MR) is 143 cm³/mol. The van der Waals surface area contributed by atoms with E-state index in [0.29, 0.717) is 17.3 Å². The van der Waals surface area contributed by atoms with Crippen LogP contribution in [-0.4, -0.2) is 20.7 Å². The number of nitrogens with one attached hydrogen (secondary N) is 1. The molecule has 0 aliphatic carbocycles. The summed E-state index contributed by atoms with van der Waals surface area (Å²) in [5, 5.41) is 13.8. The molecule has 180 valence electrons. The van der Waals surface area contributed by atoms with E-state index in [0.717, 1.165) is 27.7 Å². The second-order valence-electron chi connectivity index (χ2n) is 8.79. The third-order valence-corrected chi connectivity index (χ3v) is 6.95. The topological polar surface area (TPSA) is 59.8 Å². The van der Waals surface area contributed by atoms with Gasteiger partial charge in [0.05, 0.1) is 11.7 Å². The third-order valence-electron chi connectivity index (χ3n) is 5.72. The van der Waals surface area contributed by atoms with Crippen LogP contribution in [0.1, 0.15) is 42.4 Å². The van der Waals surface area contributed by atoms with Crippen molar-refractivity contribution in [3.05, 3.63) is 106 Å². The molecule has 5 nitrogen and oxygen atoms in total. The molecular weight excluding hydrogens is 476 g/mol. The van der Waals surface area contributed by atoms with Crippen LogP contribution in [0.4, 0.5) is 0 Å². The lowest BCUT2D eigenvalue weighted by Crippen LogP contribution is -2.34. The summed E-state index contributed by atoms with van der Waals surface area (Å²) in [4.78, 5) is 12.8. The van der Waals surface area contributed by atoms with Gasteiger partial charge < -0.3 is 5.32 Å². The highest BCUT2D eigenvalue weighted by molar-refractivity contribution is 7.98. The molecule has 0 bridgehead atoms. The lowest BCUT2D eigenvalue weighted by molar-refractivity contribution is -0.124. The number of aryl methyl sites for hydroxylation is 1. The van der Waals surface area contributed by atoms with Crippen LogP contribution in [0.15, 0.2) is 84.0 Å². The normalized spacial score (nSPS) is 12.0. The summed E-state index contributed by atoms with van der Waals surface area (Å²) in [7, 11) is 0. The lowest BCUT2D eigenvalue weighted by atomic mass is 10.0. The van der Waals surface area contributed by atoms with Gasteiger partial charge in [-0.3, -0.25) is 9.36 Å². The molecule has 1 aromatic heterocycles. The Morgan fingerprint density at radius 1 is 0.971 bits per heavy atom. The maximum atomic E-state index is 12.8. The van der Waals surface area contributed by atoms with E-state index in [-0.39, 0.29) is 17.9 Å². The first-order chi connectivity index (χ1) is 16.9. The Balaban J connectivity index is 1.78. The van der Waals surface area contributed by atoms with Crippen molar-refractivity contribution in [1.82, 2.24) is 20.1 Å². The van der Waals surface area contributed by atoms with Crippen molar-refractivity contribution < 1.29 is 4.79 Å². The monoisotopic (exact) mass is 504 g/mol. The molecule has 0 saturated carbocycles. The molecule has 1 heterocycles. The molecule has 0 aliphatic heterocycles. The molecule has 1 atom stereocenters. The molecule has 4 rings (SSSR count). The lowest BCUT2D eigenvalue weighted by Gasteiger charge is -2.22. The van der Waals surface area contributed by atoms with Crippen LogP contribution >= 0.6 is 23.4 Å². The maximum Gasteiger partial charge on any atom is 0.223 e. The van der Waals surface area contributed by atoms with Crippen molar-refractivity contribution in [2.24, 2.45) is 5.92 Å². The molecule has 0 spiro atoms. The Bertz CT molecular complexity index is 1270. The second-order valence-corrected chi connectivity index (χ2v) is 10.2. The number of rotatable bonds is 9.